The van der Waals surface area contributed by atoms with Gasteiger partial charge in [0.05, 0.1) is 11.3 Å². The van der Waals surface area contributed by atoms with Crippen LogP contribution in [0.5, 0.6) is 11.5 Å². The number of anilines is 1. The Kier molecular flexibility index (Phi) is 7.36. The Labute approximate surface area is 221 Å². The summed E-state index contributed by atoms with van der Waals surface area (Å²) in [4.78, 5) is 53.9. The van der Waals surface area contributed by atoms with E-state index < -0.39 is 17.8 Å². The topological polar surface area (TPSA) is 132 Å². The highest BCUT2D eigenvalue weighted by Crippen LogP contribution is 2.32. The molecule has 38 heavy (non-hydrogen) atoms. The third kappa shape index (κ3) is 6.01. The summed E-state index contributed by atoms with van der Waals surface area (Å²) in [5, 5.41) is 5.24. The van der Waals surface area contributed by atoms with Crippen LogP contribution in [0.3, 0.4) is 0 Å². The second-order valence-corrected chi connectivity index (χ2v) is 9.44. The molecule has 0 aliphatic carbocycles. The summed E-state index contributed by atoms with van der Waals surface area (Å²) >= 11 is 1.20. The van der Waals surface area contributed by atoms with Gasteiger partial charge in [0.25, 0.3) is 0 Å². The fraction of sp³-hybridized carbons (Fsp3) is 0.148. The van der Waals surface area contributed by atoms with Crippen LogP contribution in [-0.4, -0.2) is 47.4 Å². The van der Waals surface area contributed by atoms with Crippen LogP contribution in [0.1, 0.15) is 27.1 Å². The number of amidine groups is 1. The van der Waals surface area contributed by atoms with Crippen molar-refractivity contribution in [2.75, 3.05) is 18.7 Å². The number of thioether (sulfide) groups is 1. The smallest absolute Gasteiger partial charge is 0.338 e. The summed E-state index contributed by atoms with van der Waals surface area (Å²) < 4.78 is 15.6. The molecule has 192 valence electrons. The van der Waals surface area contributed by atoms with Gasteiger partial charge in [0, 0.05) is 17.7 Å². The summed E-state index contributed by atoms with van der Waals surface area (Å²) in [6.07, 6.45) is -0.0456. The number of nitrogens with one attached hydrogen (secondary N) is 2. The molecule has 0 radical (unpaired) electrons. The molecule has 5 rings (SSSR count). The number of amides is 2. The van der Waals surface area contributed by atoms with E-state index in [9.17, 15) is 19.2 Å². The van der Waals surface area contributed by atoms with Gasteiger partial charge in [0.15, 0.2) is 29.1 Å². The molecule has 3 aromatic carbocycles. The first kappa shape index (κ1) is 25.0. The van der Waals surface area contributed by atoms with Crippen LogP contribution in [-0.2, 0) is 14.3 Å². The molecule has 1 fully saturated rings. The quantitative estimate of drug-likeness (QED) is 0.332. The molecular formula is C27H21N3O7S. The largest absolute Gasteiger partial charge is 0.454 e. The second kappa shape index (κ2) is 11.2. The molecule has 1 saturated heterocycles. The van der Waals surface area contributed by atoms with Crippen LogP contribution in [0.2, 0.25) is 0 Å². The highest BCUT2D eigenvalue weighted by Gasteiger charge is 2.32. The van der Waals surface area contributed by atoms with Gasteiger partial charge < -0.3 is 24.8 Å². The lowest BCUT2D eigenvalue weighted by atomic mass is 10.1. The van der Waals surface area contributed by atoms with E-state index in [0.29, 0.717) is 33.6 Å². The molecule has 2 amide bonds. The number of carbonyl (C=O) groups is 4. The van der Waals surface area contributed by atoms with Gasteiger partial charge >= 0.3 is 5.97 Å². The number of esters is 1. The van der Waals surface area contributed by atoms with E-state index in [-0.39, 0.29) is 36.4 Å². The first-order chi connectivity index (χ1) is 18.4. The zero-order chi connectivity index (χ0) is 26.5. The van der Waals surface area contributed by atoms with Gasteiger partial charge in [-0.2, -0.15) is 0 Å². The standard InChI is InChI=1S/C27H21N3O7S/c31-20(17-8-11-21-22(12-17)37-15-36-21)14-35-26(34)16-6-9-19(10-7-16)28-24(32)13-23-25(33)30-27(38-23)29-18-4-2-1-3-5-18/h1-12,23H,13-15H2,(H,28,32)(H,29,30,33). The Balaban J connectivity index is 1.10. The van der Waals surface area contributed by atoms with Gasteiger partial charge in [-0.15, -0.1) is 0 Å². The van der Waals surface area contributed by atoms with Crippen molar-refractivity contribution in [1.82, 2.24) is 5.32 Å². The molecule has 1 atom stereocenters. The number of aliphatic imine (C=N–C) groups is 1. The van der Waals surface area contributed by atoms with Crippen molar-refractivity contribution in [1.29, 1.82) is 0 Å². The molecule has 0 saturated carbocycles. The summed E-state index contributed by atoms with van der Waals surface area (Å²) in [5.74, 6) is -0.686. The minimum Gasteiger partial charge on any atom is -0.454 e. The minimum atomic E-state index is -0.679. The molecule has 0 spiro atoms. The van der Waals surface area contributed by atoms with Crippen molar-refractivity contribution in [3.8, 4) is 11.5 Å². The fourth-order valence-electron chi connectivity index (χ4n) is 3.65. The fourth-order valence-corrected chi connectivity index (χ4v) is 4.64. The van der Waals surface area contributed by atoms with E-state index in [1.54, 1.807) is 18.2 Å². The summed E-state index contributed by atoms with van der Waals surface area (Å²) in [5.41, 5.74) is 1.71. The van der Waals surface area contributed by atoms with Crippen molar-refractivity contribution in [3.63, 3.8) is 0 Å². The summed E-state index contributed by atoms with van der Waals surface area (Å²) in [6.45, 7) is -0.342. The van der Waals surface area contributed by atoms with Gasteiger partial charge in [-0.1, -0.05) is 30.0 Å². The molecule has 2 N–H and O–H groups in total. The van der Waals surface area contributed by atoms with Crippen LogP contribution in [0.4, 0.5) is 11.4 Å². The molecule has 1 unspecified atom stereocenters. The van der Waals surface area contributed by atoms with Gasteiger partial charge in [-0.3, -0.25) is 14.4 Å². The average Bonchev–Trinajstić information content (AvgIpc) is 3.53. The number of hydrogen-bond donors (Lipinski definition) is 2. The number of rotatable bonds is 8. The zero-order valence-corrected chi connectivity index (χ0v) is 20.7. The Morgan fingerprint density at radius 2 is 1.71 bits per heavy atom. The number of Topliss-reactive ketones (excluding diaryl/α,β-unsaturated/α-hetero) is 1. The molecule has 2 heterocycles. The van der Waals surface area contributed by atoms with Gasteiger partial charge in [0.1, 0.15) is 5.25 Å². The van der Waals surface area contributed by atoms with E-state index in [4.69, 9.17) is 14.2 Å². The van der Waals surface area contributed by atoms with Crippen LogP contribution in [0, 0.1) is 0 Å². The number of carbonyl (C=O) groups excluding carboxylic acids is 4. The monoisotopic (exact) mass is 531 g/mol. The second-order valence-electron chi connectivity index (χ2n) is 8.25. The van der Waals surface area contributed by atoms with Crippen LogP contribution in [0.15, 0.2) is 77.8 Å². The number of para-hydroxylation sites is 1. The van der Waals surface area contributed by atoms with Gasteiger partial charge in [-0.25, -0.2) is 9.79 Å². The number of benzene rings is 3. The maximum Gasteiger partial charge on any atom is 0.338 e. The van der Waals surface area contributed by atoms with Gasteiger partial charge in [-0.05, 0) is 54.6 Å². The summed E-state index contributed by atoms with van der Waals surface area (Å²) in [6, 6.07) is 20.0. The lowest BCUT2D eigenvalue weighted by Crippen LogP contribution is -2.28. The van der Waals surface area contributed by atoms with Crippen molar-refractivity contribution >= 4 is 51.9 Å². The first-order valence-electron chi connectivity index (χ1n) is 11.6. The van der Waals surface area contributed by atoms with Crippen molar-refractivity contribution in [3.05, 3.63) is 83.9 Å². The highest BCUT2D eigenvalue weighted by atomic mass is 32.2. The Bertz CT molecular complexity index is 1420. The van der Waals surface area contributed by atoms with E-state index in [1.807, 2.05) is 30.3 Å². The maximum absolute atomic E-state index is 12.5. The van der Waals surface area contributed by atoms with E-state index in [2.05, 4.69) is 15.6 Å². The normalized spacial score (nSPS) is 16.7. The van der Waals surface area contributed by atoms with Crippen molar-refractivity contribution in [2.24, 2.45) is 4.99 Å². The number of ether oxygens (including phenoxy) is 3. The first-order valence-corrected chi connectivity index (χ1v) is 12.4. The van der Waals surface area contributed by atoms with E-state index >= 15 is 0 Å². The predicted molar refractivity (Wildman–Crippen MR) is 140 cm³/mol. The van der Waals surface area contributed by atoms with E-state index in [1.165, 1.54) is 36.0 Å². The molecule has 10 nitrogen and oxygen atoms in total. The van der Waals surface area contributed by atoms with Crippen molar-refractivity contribution < 1.29 is 33.4 Å². The lowest BCUT2D eigenvalue weighted by Gasteiger charge is -2.09. The van der Waals surface area contributed by atoms with Crippen LogP contribution < -0.4 is 20.1 Å². The Morgan fingerprint density at radius 3 is 2.50 bits per heavy atom. The predicted octanol–water partition coefficient (Wildman–Crippen LogP) is 3.70. The van der Waals surface area contributed by atoms with Crippen LogP contribution >= 0.6 is 11.8 Å². The number of nitrogens with zero attached hydrogens (tertiary/aromatic N) is 1. The molecule has 3 aromatic rings. The SMILES string of the molecule is O=C(CC1SC(=Nc2ccccc2)NC1=O)Nc1ccc(C(=O)OCC(=O)c2ccc3c(c2)OCO3)cc1. The Morgan fingerprint density at radius 1 is 0.974 bits per heavy atom. The Hall–Kier alpha value is -4.64. The molecule has 2 aliphatic rings. The average molecular weight is 532 g/mol. The molecule has 2 aliphatic heterocycles. The molecule has 11 heteroatoms. The third-order valence-corrected chi connectivity index (χ3v) is 6.65. The molecular weight excluding hydrogens is 510 g/mol. The maximum atomic E-state index is 12.5. The highest BCUT2D eigenvalue weighted by molar-refractivity contribution is 8.15. The number of fused-ring (bicyclic) bond motifs is 1. The number of ketones is 1. The minimum absolute atomic E-state index is 0.0456. The molecule has 0 aromatic heterocycles. The third-order valence-electron chi connectivity index (χ3n) is 5.57. The van der Waals surface area contributed by atoms with Gasteiger partial charge in [0.2, 0.25) is 18.6 Å². The van der Waals surface area contributed by atoms with Crippen LogP contribution in [0.25, 0.3) is 0 Å². The van der Waals surface area contributed by atoms with E-state index in [0.717, 1.165) is 0 Å². The summed E-state index contributed by atoms with van der Waals surface area (Å²) in [7, 11) is 0. The lowest BCUT2D eigenvalue weighted by molar-refractivity contribution is -0.122. The zero-order valence-electron chi connectivity index (χ0n) is 19.8. The number of hydrogen-bond acceptors (Lipinski definition) is 9. The van der Waals surface area contributed by atoms with Crippen molar-refractivity contribution in [2.45, 2.75) is 11.7 Å². The molecule has 0 bridgehead atoms.